The summed E-state index contributed by atoms with van der Waals surface area (Å²) in [5, 5.41) is 3.53. The van der Waals surface area contributed by atoms with Crippen molar-refractivity contribution in [1.29, 1.82) is 0 Å². The molecule has 1 heterocycles. The average molecular weight is 230 g/mol. The van der Waals surface area contributed by atoms with Crippen LogP contribution >= 0.6 is 0 Å². The summed E-state index contributed by atoms with van der Waals surface area (Å²) in [6.07, 6.45) is 5.02. The first-order valence-corrected chi connectivity index (χ1v) is 6.41. The molecule has 90 valence electrons. The Kier molecular flexibility index (Phi) is 2.85. The van der Waals surface area contributed by atoms with Crippen LogP contribution in [0.25, 0.3) is 11.1 Å². The van der Waals surface area contributed by atoms with Crippen LogP contribution in [0.3, 0.4) is 0 Å². The molecule has 1 N–H and O–H groups in total. The first kappa shape index (κ1) is 10.8. The quantitative estimate of drug-likeness (QED) is 0.803. The van der Waals surface area contributed by atoms with Crippen LogP contribution in [0.15, 0.2) is 22.6 Å². The van der Waals surface area contributed by atoms with E-state index in [4.69, 9.17) is 4.42 Å². The van der Waals surface area contributed by atoms with Crippen LogP contribution in [0.1, 0.15) is 30.7 Å². The van der Waals surface area contributed by atoms with E-state index in [2.05, 4.69) is 28.5 Å². The van der Waals surface area contributed by atoms with Gasteiger partial charge in [-0.3, -0.25) is 0 Å². The molecule has 1 aromatic carbocycles. The lowest BCUT2D eigenvalue weighted by Gasteiger charge is -2.02. The van der Waals surface area contributed by atoms with Gasteiger partial charge in [0, 0.05) is 13.0 Å². The molecule has 0 atom stereocenters. The third-order valence-electron chi connectivity index (χ3n) is 3.21. The van der Waals surface area contributed by atoms with E-state index in [1.807, 2.05) is 6.92 Å². The molecular formula is C14H18N2O. The minimum atomic E-state index is 0.743. The van der Waals surface area contributed by atoms with E-state index in [0.717, 1.165) is 36.0 Å². The van der Waals surface area contributed by atoms with Gasteiger partial charge in [-0.1, -0.05) is 6.07 Å². The predicted molar refractivity (Wildman–Crippen MR) is 68.1 cm³/mol. The number of aromatic nitrogens is 1. The molecule has 1 aromatic heterocycles. The van der Waals surface area contributed by atoms with E-state index in [0.29, 0.717) is 0 Å². The summed E-state index contributed by atoms with van der Waals surface area (Å²) in [4.78, 5) is 4.30. The van der Waals surface area contributed by atoms with Crippen LogP contribution in [-0.4, -0.2) is 17.6 Å². The van der Waals surface area contributed by atoms with Crippen molar-refractivity contribution in [3.8, 4) is 0 Å². The normalized spacial score (nSPS) is 15.6. The molecule has 17 heavy (non-hydrogen) atoms. The summed E-state index contributed by atoms with van der Waals surface area (Å²) in [5.41, 5.74) is 3.21. The van der Waals surface area contributed by atoms with Gasteiger partial charge in [-0.25, -0.2) is 4.98 Å². The Labute approximate surface area is 101 Å². The highest BCUT2D eigenvalue weighted by atomic mass is 16.3. The van der Waals surface area contributed by atoms with Crippen molar-refractivity contribution in [2.45, 2.75) is 38.6 Å². The fraction of sp³-hybridized carbons (Fsp3) is 0.500. The predicted octanol–water partition coefficient (Wildman–Crippen LogP) is 2.82. The van der Waals surface area contributed by atoms with Crippen molar-refractivity contribution >= 4 is 11.1 Å². The lowest BCUT2D eigenvalue weighted by Crippen LogP contribution is -2.17. The fourth-order valence-corrected chi connectivity index (χ4v) is 2.13. The number of hydrogen-bond acceptors (Lipinski definition) is 3. The number of benzene rings is 1. The average Bonchev–Trinajstić information content (AvgIpc) is 3.05. The Morgan fingerprint density at radius 2 is 2.29 bits per heavy atom. The first-order valence-electron chi connectivity index (χ1n) is 6.41. The van der Waals surface area contributed by atoms with Gasteiger partial charge in [0.1, 0.15) is 5.52 Å². The zero-order valence-corrected chi connectivity index (χ0v) is 10.2. The highest BCUT2D eigenvalue weighted by Crippen LogP contribution is 2.19. The Morgan fingerprint density at radius 3 is 3.12 bits per heavy atom. The molecule has 0 spiro atoms. The first-order chi connectivity index (χ1) is 8.31. The van der Waals surface area contributed by atoms with Crippen LogP contribution in [0.4, 0.5) is 0 Å². The van der Waals surface area contributed by atoms with Gasteiger partial charge in [-0.15, -0.1) is 0 Å². The molecule has 3 rings (SSSR count). The van der Waals surface area contributed by atoms with Gasteiger partial charge < -0.3 is 9.73 Å². The zero-order valence-electron chi connectivity index (χ0n) is 10.2. The molecule has 1 aliphatic rings. The number of rotatable bonds is 5. The van der Waals surface area contributed by atoms with Crippen molar-refractivity contribution in [3.05, 3.63) is 29.7 Å². The van der Waals surface area contributed by atoms with Gasteiger partial charge in [-0.2, -0.15) is 0 Å². The molecular weight excluding hydrogens is 212 g/mol. The molecule has 0 bridgehead atoms. The summed E-state index contributed by atoms with van der Waals surface area (Å²) in [5.74, 6) is 0.743. The third-order valence-corrected chi connectivity index (χ3v) is 3.21. The number of nitrogens with zero attached hydrogens (tertiary/aromatic N) is 1. The van der Waals surface area contributed by atoms with Crippen LogP contribution < -0.4 is 5.32 Å². The standard InChI is InChI=1S/C14H18N2O/c1-10-16-13-7-4-11(9-14(13)17-10)3-2-8-15-12-5-6-12/h4,7,9,12,15H,2-3,5-6,8H2,1H3. The summed E-state index contributed by atoms with van der Waals surface area (Å²) < 4.78 is 5.54. The third kappa shape index (κ3) is 2.67. The molecule has 0 aliphatic heterocycles. The van der Waals surface area contributed by atoms with E-state index < -0.39 is 0 Å². The van der Waals surface area contributed by atoms with E-state index in [1.54, 1.807) is 0 Å². The second-order valence-corrected chi connectivity index (χ2v) is 4.87. The molecule has 2 aromatic rings. The van der Waals surface area contributed by atoms with Gasteiger partial charge in [0.2, 0.25) is 0 Å². The van der Waals surface area contributed by atoms with Crippen molar-refractivity contribution < 1.29 is 4.42 Å². The van der Waals surface area contributed by atoms with Crippen molar-refractivity contribution in [1.82, 2.24) is 10.3 Å². The molecule has 0 radical (unpaired) electrons. The summed E-state index contributed by atoms with van der Waals surface area (Å²) in [6.45, 7) is 3.01. The van der Waals surface area contributed by atoms with Gasteiger partial charge >= 0.3 is 0 Å². The van der Waals surface area contributed by atoms with E-state index in [-0.39, 0.29) is 0 Å². The van der Waals surface area contributed by atoms with Crippen molar-refractivity contribution in [2.75, 3.05) is 6.54 Å². The molecule has 0 unspecified atom stereocenters. The molecule has 1 saturated carbocycles. The van der Waals surface area contributed by atoms with Gasteiger partial charge in [0.25, 0.3) is 0 Å². The van der Waals surface area contributed by atoms with Crippen LogP contribution in [0.5, 0.6) is 0 Å². The largest absolute Gasteiger partial charge is 0.441 e. The zero-order chi connectivity index (χ0) is 11.7. The maximum absolute atomic E-state index is 5.54. The topological polar surface area (TPSA) is 38.1 Å². The SMILES string of the molecule is Cc1nc2ccc(CCCNC3CC3)cc2o1. The number of fused-ring (bicyclic) bond motifs is 1. The van der Waals surface area contributed by atoms with Gasteiger partial charge in [-0.05, 0) is 49.9 Å². The maximum Gasteiger partial charge on any atom is 0.192 e. The minimum absolute atomic E-state index is 0.743. The van der Waals surface area contributed by atoms with Crippen molar-refractivity contribution in [3.63, 3.8) is 0 Å². The number of oxazole rings is 1. The highest BCUT2D eigenvalue weighted by Gasteiger charge is 2.19. The van der Waals surface area contributed by atoms with E-state index in [9.17, 15) is 0 Å². The smallest absolute Gasteiger partial charge is 0.192 e. The second-order valence-electron chi connectivity index (χ2n) is 4.87. The number of hydrogen-bond donors (Lipinski definition) is 1. The molecule has 1 fully saturated rings. The minimum Gasteiger partial charge on any atom is -0.441 e. The second kappa shape index (κ2) is 4.49. The van der Waals surface area contributed by atoms with Gasteiger partial charge in [0.05, 0.1) is 0 Å². The lowest BCUT2D eigenvalue weighted by molar-refractivity contribution is 0.560. The van der Waals surface area contributed by atoms with E-state index >= 15 is 0 Å². The lowest BCUT2D eigenvalue weighted by atomic mass is 10.1. The fourth-order valence-electron chi connectivity index (χ4n) is 2.13. The number of aryl methyl sites for hydroxylation is 2. The Morgan fingerprint density at radius 1 is 1.41 bits per heavy atom. The Balaban J connectivity index is 1.59. The molecule has 0 saturated heterocycles. The summed E-state index contributed by atoms with van der Waals surface area (Å²) in [7, 11) is 0. The molecule has 3 heteroatoms. The van der Waals surface area contributed by atoms with Crippen LogP contribution in [0, 0.1) is 6.92 Å². The Hall–Kier alpha value is -1.35. The van der Waals surface area contributed by atoms with Crippen LogP contribution in [0.2, 0.25) is 0 Å². The molecule has 1 aliphatic carbocycles. The molecule has 3 nitrogen and oxygen atoms in total. The molecule has 0 amide bonds. The maximum atomic E-state index is 5.54. The Bertz CT molecular complexity index is 514. The van der Waals surface area contributed by atoms with E-state index in [1.165, 1.54) is 24.8 Å². The summed E-state index contributed by atoms with van der Waals surface area (Å²) in [6, 6.07) is 7.14. The summed E-state index contributed by atoms with van der Waals surface area (Å²) >= 11 is 0. The van der Waals surface area contributed by atoms with Crippen molar-refractivity contribution in [2.24, 2.45) is 0 Å². The van der Waals surface area contributed by atoms with Gasteiger partial charge in [0.15, 0.2) is 11.5 Å². The monoisotopic (exact) mass is 230 g/mol. The number of nitrogens with one attached hydrogen (secondary N) is 1. The van der Waals surface area contributed by atoms with Crippen LogP contribution in [-0.2, 0) is 6.42 Å². The highest BCUT2D eigenvalue weighted by molar-refractivity contribution is 5.73.